The van der Waals surface area contributed by atoms with Crippen LogP contribution in [-0.2, 0) is 11.2 Å². The zero-order chi connectivity index (χ0) is 17.7. The van der Waals surface area contributed by atoms with Gasteiger partial charge >= 0.3 is 0 Å². The summed E-state index contributed by atoms with van der Waals surface area (Å²) in [5, 5.41) is 6.75. The first-order valence-corrected chi connectivity index (χ1v) is 9.21. The Morgan fingerprint density at radius 1 is 1.08 bits per heavy atom. The second-order valence-corrected chi connectivity index (χ2v) is 6.85. The minimum absolute atomic E-state index is 0.138. The number of benzene rings is 1. The molecule has 0 aliphatic carbocycles. The maximum Gasteiger partial charge on any atom is 0.191 e. The highest BCUT2D eigenvalue weighted by Gasteiger charge is 2.18. The predicted octanol–water partition coefficient (Wildman–Crippen LogP) is 3.63. The lowest BCUT2D eigenvalue weighted by Crippen LogP contribution is -2.38. The van der Waals surface area contributed by atoms with Crippen LogP contribution in [0.4, 0.5) is 0 Å². The minimum atomic E-state index is 0.138. The van der Waals surface area contributed by atoms with E-state index in [-0.39, 0.29) is 5.41 Å². The maximum atomic E-state index is 5.36. The summed E-state index contributed by atoms with van der Waals surface area (Å²) >= 11 is 0. The summed E-state index contributed by atoms with van der Waals surface area (Å²) < 4.78 is 5.36. The van der Waals surface area contributed by atoms with Gasteiger partial charge in [-0.05, 0) is 44.1 Å². The maximum absolute atomic E-state index is 5.36. The van der Waals surface area contributed by atoms with Crippen LogP contribution in [0, 0.1) is 5.41 Å². The van der Waals surface area contributed by atoms with Crippen LogP contribution in [0.1, 0.15) is 46.1 Å². The third-order valence-corrected chi connectivity index (χ3v) is 3.75. The van der Waals surface area contributed by atoms with Crippen molar-refractivity contribution in [2.75, 3.05) is 32.8 Å². The molecule has 0 aliphatic rings. The molecule has 136 valence electrons. The van der Waals surface area contributed by atoms with Crippen molar-refractivity contribution in [1.82, 2.24) is 10.6 Å². The standard InChI is InChI=1S/C20H35N3O/c1-5-21-19(22-14-10-11-15-24-6-2)23-17-20(3,4)16-18-12-8-7-9-13-18/h7-9,12-13H,5-6,10-11,14-17H2,1-4H3,(H2,21,22,23). The molecule has 0 unspecified atom stereocenters. The average molecular weight is 334 g/mol. The van der Waals surface area contributed by atoms with Gasteiger partial charge in [-0.3, -0.25) is 4.99 Å². The molecule has 0 saturated heterocycles. The molecular weight excluding hydrogens is 298 g/mol. The quantitative estimate of drug-likeness (QED) is 0.369. The molecule has 0 saturated carbocycles. The zero-order valence-corrected chi connectivity index (χ0v) is 15.9. The van der Waals surface area contributed by atoms with Crippen LogP contribution in [0.2, 0.25) is 0 Å². The molecule has 0 amide bonds. The number of nitrogens with one attached hydrogen (secondary N) is 2. The van der Waals surface area contributed by atoms with Gasteiger partial charge in [-0.15, -0.1) is 0 Å². The lowest BCUT2D eigenvalue weighted by molar-refractivity contribution is 0.143. The van der Waals surface area contributed by atoms with Crippen LogP contribution in [0.3, 0.4) is 0 Å². The minimum Gasteiger partial charge on any atom is -0.382 e. The number of guanidine groups is 1. The van der Waals surface area contributed by atoms with Crippen LogP contribution in [0.25, 0.3) is 0 Å². The molecule has 1 rings (SSSR count). The molecule has 24 heavy (non-hydrogen) atoms. The van der Waals surface area contributed by atoms with Gasteiger partial charge in [0.25, 0.3) is 0 Å². The van der Waals surface area contributed by atoms with Gasteiger partial charge in [0.1, 0.15) is 0 Å². The number of hydrogen-bond donors (Lipinski definition) is 2. The van der Waals surface area contributed by atoms with E-state index in [0.29, 0.717) is 0 Å². The number of unbranched alkanes of at least 4 members (excludes halogenated alkanes) is 1. The van der Waals surface area contributed by atoms with Crippen molar-refractivity contribution in [3.63, 3.8) is 0 Å². The Morgan fingerprint density at radius 3 is 2.50 bits per heavy atom. The first-order valence-electron chi connectivity index (χ1n) is 9.21. The number of hydrogen-bond acceptors (Lipinski definition) is 2. The Hall–Kier alpha value is -1.55. The Balaban J connectivity index is 2.42. The van der Waals surface area contributed by atoms with Gasteiger partial charge in [-0.2, -0.15) is 0 Å². The molecule has 0 aliphatic heterocycles. The molecule has 0 bridgehead atoms. The molecule has 1 aromatic rings. The number of aliphatic imine (C=N–C) groups is 1. The van der Waals surface area contributed by atoms with E-state index >= 15 is 0 Å². The van der Waals surface area contributed by atoms with E-state index in [0.717, 1.165) is 58.1 Å². The van der Waals surface area contributed by atoms with E-state index in [9.17, 15) is 0 Å². The molecule has 0 heterocycles. The number of nitrogens with zero attached hydrogens (tertiary/aromatic N) is 1. The molecule has 0 atom stereocenters. The Morgan fingerprint density at radius 2 is 1.83 bits per heavy atom. The van der Waals surface area contributed by atoms with Gasteiger partial charge in [0.15, 0.2) is 5.96 Å². The zero-order valence-electron chi connectivity index (χ0n) is 15.9. The predicted molar refractivity (Wildman–Crippen MR) is 104 cm³/mol. The third-order valence-electron chi connectivity index (χ3n) is 3.75. The number of ether oxygens (including phenoxy) is 1. The van der Waals surface area contributed by atoms with E-state index < -0.39 is 0 Å². The first-order chi connectivity index (χ1) is 11.6. The van der Waals surface area contributed by atoms with E-state index in [2.05, 4.69) is 61.7 Å². The van der Waals surface area contributed by atoms with Crippen LogP contribution in [0.15, 0.2) is 35.3 Å². The van der Waals surface area contributed by atoms with Crippen molar-refractivity contribution in [1.29, 1.82) is 0 Å². The monoisotopic (exact) mass is 333 g/mol. The lowest BCUT2D eigenvalue weighted by atomic mass is 9.86. The van der Waals surface area contributed by atoms with Crippen LogP contribution in [-0.4, -0.2) is 38.8 Å². The van der Waals surface area contributed by atoms with E-state index in [1.54, 1.807) is 0 Å². The highest BCUT2D eigenvalue weighted by Crippen LogP contribution is 2.22. The van der Waals surface area contributed by atoms with Crippen molar-refractivity contribution in [3.8, 4) is 0 Å². The molecule has 4 heteroatoms. The fourth-order valence-corrected chi connectivity index (χ4v) is 2.52. The summed E-state index contributed by atoms with van der Waals surface area (Å²) in [6.45, 7) is 12.9. The number of rotatable bonds is 11. The normalized spacial score (nSPS) is 12.2. The first kappa shape index (κ1) is 20.5. The fraction of sp³-hybridized carbons (Fsp3) is 0.650. The molecule has 0 aromatic heterocycles. The van der Waals surface area contributed by atoms with Crippen LogP contribution >= 0.6 is 0 Å². The van der Waals surface area contributed by atoms with Gasteiger partial charge in [0.2, 0.25) is 0 Å². The summed E-state index contributed by atoms with van der Waals surface area (Å²) in [6, 6.07) is 10.6. The van der Waals surface area contributed by atoms with Gasteiger partial charge in [-0.1, -0.05) is 44.2 Å². The molecule has 0 spiro atoms. The summed E-state index contributed by atoms with van der Waals surface area (Å²) in [4.78, 5) is 4.78. The van der Waals surface area contributed by atoms with Gasteiger partial charge in [0, 0.05) is 32.8 Å². The molecule has 4 nitrogen and oxygen atoms in total. The molecular formula is C20H35N3O. The highest BCUT2D eigenvalue weighted by atomic mass is 16.5. The third kappa shape index (κ3) is 9.56. The molecule has 1 aromatic carbocycles. The van der Waals surface area contributed by atoms with Gasteiger partial charge < -0.3 is 15.4 Å². The fourth-order valence-electron chi connectivity index (χ4n) is 2.52. The van der Waals surface area contributed by atoms with Crippen LogP contribution in [0.5, 0.6) is 0 Å². The van der Waals surface area contributed by atoms with Crippen molar-refractivity contribution >= 4 is 5.96 Å². The second-order valence-electron chi connectivity index (χ2n) is 6.85. The SMILES string of the molecule is CCNC(=NCC(C)(C)Cc1ccccc1)NCCCCOCC. The Labute approximate surface area is 148 Å². The lowest BCUT2D eigenvalue weighted by Gasteiger charge is -2.23. The Bertz CT molecular complexity index is 457. The van der Waals surface area contributed by atoms with Crippen molar-refractivity contribution in [3.05, 3.63) is 35.9 Å². The van der Waals surface area contributed by atoms with Crippen LogP contribution < -0.4 is 10.6 Å². The Kier molecular flexibility index (Phi) is 10.2. The summed E-state index contributed by atoms with van der Waals surface area (Å²) in [6.07, 6.45) is 3.21. The van der Waals surface area contributed by atoms with Crippen molar-refractivity contribution in [2.24, 2.45) is 10.4 Å². The molecule has 2 N–H and O–H groups in total. The summed E-state index contributed by atoms with van der Waals surface area (Å²) in [7, 11) is 0. The van der Waals surface area contributed by atoms with Crippen molar-refractivity contribution < 1.29 is 4.74 Å². The smallest absolute Gasteiger partial charge is 0.191 e. The second kappa shape index (κ2) is 11.9. The summed E-state index contributed by atoms with van der Waals surface area (Å²) in [5.74, 6) is 0.912. The van der Waals surface area contributed by atoms with E-state index in [1.807, 2.05) is 6.92 Å². The average Bonchev–Trinajstić information content (AvgIpc) is 2.56. The van der Waals surface area contributed by atoms with Gasteiger partial charge in [0.05, 0.1) is 0 Å². The van der Waals surface area contributed by atoms with E-state index in [4.69, 9.17) is 9.73 Å². The largest absolute Gasteiger partial charge is 0.382 e. The van der Waals surface area contributed by atoms with E-state index in [1.165, 1.54) is 5.56 Å². The van der Waals surface area contributed by atoms with Gasteiger partial charge in [-0.25, -0.2) is 0 Å². The van der Waals surface area contributed by atoms with Crippen molar-refractivity contribution in [2.45, 2.75) is 47.0 Å². The highest BCUT2D eigenvalue weighted by molar-refractivity contribution is 5.79. The summed E-state index contributed by atoms with van der Waals surface area (Å²) in [5.41, 5.74) is 1.50. The topological polar surface area (TPSA) is 45.7 Å². The molecule has 0 radical (unpaired) electrons. The molecule has 0 fully saturated rings.